The van der Waals surface area contributed by atoms with Crippen LogP contribution in [0.2, 0.25) is 0 Å². The fourth-order valence-corrected chi connectivity index (χ4v) is 18.8. The molecule has 3 heterocycles. The highest BCUT2D eigenvalue weighted by atomic mass is 31.2. The number of pyridine rings is 2. The standard InChI is InChI=1S/C27H44N2P2/c1-8-30(9-2,10-3)27(22-26(6)25(27)21-31(26,11-4)12-5)29-19-15-24(16-20-29)23-13-17-28(7)18-14-23/h13-20,25H,8-12,21-22H2,1-7H3/q+4. The minimum absolute atomic E-state index is 0.398. The van der Waals surface area contributed by atoms with Crippen molar-refractivity contribution < 1.29 is 9.13 Å². The molecule has 0 amide bonds. The number of fused-ring (bicyclic) bond motifs is 1. The van der Waals surface area contributed by atoms with Crippen LogP contribution in [0.3, 0.4) is 0 Å². The monoisotopic (exact) mass is 458 g/mol. The van der Waals surface area contributed by atoms with Crippen LogP contribution in [0.5, 0.6) is 0 Å². The predicted octanol–water partition coefficient (Wildman–Crippen LogP) is 6.05. The smallest absolute Gasteiger partial charge is 0.208 e. The van der Waals surface area contributed by atoms with Gasteiger partial charge >= 0.3 is 0 Å². The van der Waals surface area contributed by atoms with Gasteiger partial charge in [-0.3, -0.25) is 0 Å². The van der Waals surface area contributed by atoms with E-state index >= 15 is 0 Å². The van der Waals surface area contributed by atoms with Crippen molar-refractivity contribution in [2.45, 2.75) is 58.4 Å². The Morgan fingerprint density at radius 3 is 1.74 bits per heavy atom. The molecule has 2 aromatic heterocycles. The van der Waals surface area contributed by atoms with E-state index in [2.05, 4.69) is 107 Å². The molecule has 2 aliphatic rings. The highest BCUT2D eigenvalue weighted by molar-refractivity contribution is 7.80. The van der Waals surface area contributed by atoms with Gasteiger partial charge < -0.3 is 0 Å². The Bertz CT molecular complexity index is 907. The number of rotatable bonds is 8. The minimum Gasteiger partial charge on any atom is -0.208 e. The molecular weight excluding hydrogens is 414 g/mol. The summed E-state index contributed by atoms with van der Waals surface area (Å²) in [5.74, 6) is 0.896. The Morgan fingerprint density at radius 2 is 1.35 bits per heavy atom. The molecule has 1 saturated carbocycles. The van der Waals surface area contributed by atoms with Crippen LogP contribution in [0, 0.1) is 5.92 Å². The van der Waals surface area contributed by atoms with Crippen LogP contribution in [-0.4, -0.2) is 42.1 Å². The van der Waals surface area contributed by atoms with Gasteiger partial charge in [0, 0.05) is 31.5 Å². The second-order valence-electron chi connectivity index (χ2n) is 10.3. The zero-order valence-electron chi connectivity index (χ0n) is 20.9. The molecule has 0 bridgehead atoms. The van der Waals surface area contributed by atoms with E-state index in [1.165, 1.54) is 48.4 Å². The Kier molecular flexibility index (Phi) is 6.16. The lowest BCUT2D eigenvalue weighted by molar-refractivity contribution is -0.763. The first-order valence-electron chi connectivity index (χ1n) is 12.5. The van der Waals surface area contributed by atoms with Crippen molar-refractivity contribution in [1.82, 2.24) is 0 Å². The molecule has 2 fully saturated rings. The van der Waals surface area contributed by atoms with Crippen LogP contribution in [-0.2, 0) is 12.3 Å². The first-order valence-corrected chi connectivity index (χ1v) is 17.2. The van der Waals surface area contributed by atoms with Crippen LogP contribution < -0.4 is 9.13 Å². The van der Waals surface area contributed by atoms with E-state index in [1.807, 2.05) is 0 Å². The van der Waals surface area contributed by atoms with Crippen LogP contribution in [0.1, 0.15) is 48.0 Å². The average Bonchev–Trinajstić information content (AvgIpc) is 2.81. The molecule has 0 aromatic carbocycles. The lowest BCUT2D eigenvalue weighted by atomic mass is 9.68. The number of nitrogens with zero attached hydrogens (tertiary/aromatic N) is 2. The van der Waals surface area contributed by atoms with Crippen LogP contribution in [0.4, 0.5) is 0 Å². The van der Waals surface area contributed by atoms with Crippen molar-refractivity contribution in [1.29, 1.82) is 0 Å². The summed E-state index contributed by atoms with van der Waals surface area (Å²) in [4.78, 5) is 0. The summed E-state index contributed by atoms with van der Waals surface area (Å²) < 4.78 is 4.84. The molecule has 1 aliphatic heterocycles. The maximum atomic E-state index is 2.73. The molecule has 4 heteroatoms. The predicted molar refractivity (Wildman–Crippen MR) is 139 cm³/mol. The number of aryl methyl sites for hydroxylation is 1. The molecule has 0 N–H and O–H groups in total. The maximum Gasteiger partial charge on any atom is 0.279 e. The van der Waals surface area contributed by atoms with Gasteiger partial charge in [-0.1, -0.05) is 0 Å². The molecule has 168 valence electrons. The number of aromatic nitrogens is 2. The average molecular weight is 459 g/mol. The van der Waals surface area contributed by atoms with E-state index in [0.717, 1.165) is 5.92 Å². The SMILES string of the molecule is CC[P+]1(CC)CC2C1(C)CC2([n+]1ccc(-c2cc[n+](C)cc2)cc1)[P+](CC)(CC)CC. The zero-order chi connectivity index (χ0) is 22.5. The van der Waals surface area contributed by atoms with Gasteiger partial charge in [0.2, 0.25) is 0 Å². The molecule has 31 heavy (non-hydrogen) atoms. The van der Waals surface area contributed by atoms with Gasteiger partial charge in [-0.05, 0) is 52.7 Å². The largest absolute Gasteiger partial charge is 0.279 e. The molecule has 1 saturated heterocycles. The molecule has 2 aromatic rings. The fourth-order valence-electron chi connectivity index (χ4n) is 7.71. The van der Waals surface area contributed by atoms with Crippen molar-refractivity contribution in [3.05, 3.63) is 49.1 Å². The Morgan fingerprint density at radius 1 is 0.871 bits per heavy atom. The molecule has 3 atom stereocenters. The van der Waals surface area contributed by atoms with Crippen LogP contribution in [0.15, 0.2) is 49.1 Å². The highest BCUT2D eigenvalue weighted by Crippen LogP contribution is 2.95. The molecule has 2 nitrogen and oxygen atoms in total. The van der Waals surface area contributed by atoms with Gasteiger partial charge in [0.05, 0.1) is 50.7 Å². The molecule has 0 spiro atoms. The van der Waals surface area contributed by atoms with Crippen molar-refractivity contribution in [2.75, 3.05) is 37.0 Å². The maximum absolute atomic E-state index is 2.73. The van der Waals surface area contributed by atoms with E-state index in [1.54, 1.807) is 6.16 Å². The summed E-state index contributed by atoms with van der Waals surface area (Å²) in [5.41, 5.74) is 2.64. The van der Waals surface area contributed by atoms with Gasteiger partial charge in [0.1, 0.15) is 18.1 Å². The van der Waals surface area contributed by atoms with Gasteiger partial charge in [-0.25, -0.2) is 4.57 Å². The summed E-state index contributed by atoms with van der Waals surface area (Å²) in [6, 6.07) is 9.21. The van der Waals surface area contributed by atoms with E-state index in [0.29, 0.717) is 10.4 Å². The van der Waals surface area contributed by atoms with Crippen molar-refractivity contribution in [2.24, 2.45) is 13.0 Å². The van der Waals surface area contributed by atoms with E-state index in [9.17, 15) is 0 Å². The second-order valence-corrected chi connectivity index (χ2v) is 20.2. The third-order valence-electron chi connectivity index (χ3n) is 9.98. The van der Waals surface area contributed by atoms with Crippen molar-refractivity contribution >= 4 is 14.5 Å². The summed E-state index contributed by atoms with van der Waals surface area (Å²) >= 11 is 0. The van der Waals surface area contributed by atoms with E-state index < -0.39 is 14.5 Å². The zero-order valence-corrected chi connectivity index (χ0v) is 22.7. The lowest BCUT2D eigenvalue weighted by Crippen LogP contribution is -2.82. The van der Waals surface area contributed by atoms with Crippen molar-refractivity contribution in [3.8, 4) is 11.1 Å². The summed E-state index contributed by atoms with van der Waals surface area (Å²) in [5, 5.41) is 1.04. The highest BCUT2D eigenvalue weighted by Gasteiger charge is 2.91. The second kappa shape index (κ2) is 8.18. The Labute approximate surface area is 192 Å². The van der Waals surface area contributed by atoms with Crippen molar-refractivity contribution in [3.63, 3.8) is 0 Å². The Hall–Kier alpha value is -0.840. The minimum atomic E-state index is -1.07. The van der Waals surface area contributed by atoms with Crippen LogP contribution in [0.25, 0.3) is 11.1 Å². The fraction of sp³-hybridized carbons (Fsp3) is 0.630. The van der Waals surface area contributed by atoms with Gasteiger partial charge in [-0.15, -0.1) is 0 Å². The molecule has 1 aliphatic carbocycles. The van der Waals surface area contributed by atoms with Gasteiger partial charge in [-0.2, -0.15) is 4.57 Å². The third-order valence-corrected chi connectivity index (χ3v) is 22.1. The van der Waals surface area contributed by atoms with Crippen LogP contribution >= 0.6 is 14.5 Å². The van der Waals surface area contributed by atoms with E-state index in [-0.39, 0.29) is 0 Å². The molecule has 4 rings (SSSR count). The summed E-state index contributed by atoms with van der Waals surface area (Å²) in [6.45, 7) is 15.2. The van der Waals surface area contributed by atoms with E-state index in [4.69, 9.17) is 0 Å². The summed E-state index contributed by atoms with van der Waals surface area (Å²) in [6.07, 6.45) is 19.3. The number of hydrogen-bond acceptors (Lipinski definition) is 0. The quantitative estimate of drug-likeness (QED) is 0.336. The normalized spacial score (nSPS) is 29.1. The number of hydrogen-bond donors (Lipinski definition) is 0. The topological polar surface area (TPSA) is 7.76 Å². The first kappa shape index (κ1) is 23.3. The summed E-state index contributed by atoms with van der Waals surface area (Å²) in [7, 11) is 0.241. The van der Waals surface area contributed by atoms with Gasteiger partial charge in [0.25, 0.3) is 5.28 Å². The molecule has 3 unspecified atom stereocenters. The molecular formula is C27H44N2P2+4. The lowest BCUT2D eigenvalue weighted by Gasteiger charge is -2.69. The molecule has 0 radical (unpaired) electrons. The van der Waals surface area contributed by atoms with Gasteiger partial charge in [0.15, 0.2) is 24.8 Å². The third kappa shape index (κ3) is 2.97. The Balaban J connectivity index is 1.76. The first-order chi connectivity index (χ1) is 14.8.